The fourth-order valence-corrected chi connectivity index (χ4v) is 5.78. The maximum absolute atomic E-state index is 12.8. The number of benzene rings is 1. The van der Waals surface area contributed by atoms with Crippen LogP contribution >= 0.6 is 11.3 Å². The highest BCUT2D eigenvalue weighted by molar-refractivity contribution is 7.89. The number of sulfonamides is 1. The van der Waals surface area contributed by atoms with Crippen molar-refractivity contribution in [3.63, 3.8) is 0 Å². The summed E-state index contributed by atoms with van der Waals surface area (Å²) in [6, 6.07) is 9.17. The molecule has 0 unspecified atom stereocenters. The summed E-state index contributed by atoms with van der Waals surface area (Å²) >= 11 is 1.36. The lowest BCUT2D eigenvalue weighted by Gasteiger charge is -2.26. The van der Waals surface area contributed by atoms with Crippen molar-refractivity contribution in [3.05, 3.63) is 46.7 Å². The Labute approximate surface area is 179 Å². The molecule has 1 atom stereocenters. The molecule has 160 valence electrons. The Hall–Kier alpha value is -2.27. The Morgan fingerprint density at radius 3 is 2.47 bits per heavy atom. The second-order valence-electron chi connectivity index (χ2n) is 7.16. The van der Waals surface area contributed by atoms with E-state index in [-0.39, 0.29) is 16.7 Å². The molecule has 0 spiro atoms. The van der Waals surface area contributed by atoms with Crippen LogP contribution in [0, 0.1) is 0 Å². The molecule has 2 aliphatic rings. The van der Waals surface area contributed by atoms with Crippen LogP contribution in [0.1, 0.15) is 22.5 Å². The summed E-state index contributed by atoms with van der Waals surface area (Å²) in [5.41, 5.74) is 0.497. The maximum Gasteiger partial charge on any atom is 0.264 e. The molecule has 3 heterocycles. The molecule has 2 saturated heterocycles. The number of thiophene rings is 1. The molecule has 0 bridgehead atoms. The van der Waals surface area contributed by atoms with Crippen molar-refractivity contribution < 1.29 is 22.7 Å². The lowest BCUT2D eigenvalue weighted by Crippen LogP contribution is -2.43. The van der Waals surface area contributed by atoms with Crippen LogP contribution < -0.4 is 5.32 Å². The standard InChI is InChI=1S/C20H23N3O5S2/c24-19(17-3-1-9-23(17)20(25)18-4-2-14-29-18)21-15-5-7-16(8-6-15)30(26,27)22-10-12-28-13-11-22/h2,4-8,14,17H,1,3,9-13H2,(H,21,24)/t17-/m0/s1. The zero-order valence-corrected chi connectivity index (χ0v) is 18.0. The Bertz CT molecular complexity index is 1000. The second-order valence-corrected chi connectivity index (χ2v) is 10.0. The first kappa shape index (κ1) is 21.0. The van der Waals surface area contributed by atoms with Gasteiger partial charge in [0.2, 0.25) is 15.9 Å². The number of morpholine rings is 1. The Kier molecular flexibility index (Phi) is 6.19. The van der Waals surface area contributed by atoms with Crippen molar-refractivity contribution in [2.24, 2.45) is 0 Å². The van der Waals surface area contributed by atoms with Gasteiger partial charge in [0.25, 0.3) is 5.91 Å². The van der Waals surface area contributed by atoms with E-state index in [0.29, 0.717) is 49.8 Å². The number of ether oxygens (including phenoxy) is 1. The molecule has 1 aromatic heterocycles. The normalized spacial score (nSPS) is 20.3. The van der Waals surface area contributed by atoms with Gasteiger partial charge in [0.15, 0.2) is 0 Å². The van der Waals surface area contributed by atoms with E-state index in [2.05, 4.69) is 5.32 Å². The SMILES string of the molecule is O=C(Nc1ccc(S(=O)(=O)N2CCOCC2)cc1)[C@@H]1CCCN1C(=O)c1cccs1. The number of nitrogens with zero attached hydrogens (tertiary/aromatic N) is 2. The zero-order valence-electron chi connectivity index (χ0n) is 16.3. The van der Waals surface area contributed by atoms with Crippen LogP contribution in [0.4, 0.5) is 5.69 Å². The minimum atomic E-state index is -3.58. The highest BCUT2D eigenvalue weighted by Gasteiger charge is 2.35. The summed E-state index contributed by atoms with van der Waals surface area (Å²) in [6.07, 6.45) is 1.37. The molecule has 10 heteroatoms. The predicted molar refractivity (Wildman–Crippen MR) is 113 cm³/mol. The third-order valence-corrected chi connectivity index (χ3v) is 8.05. The molecular weight excluding hydrogens is 426 g/mol. The summed E-state index contributed by atoms with van der Waals surface area (Å²) < 4.78 is 32.0. The quantitative estimate of drug-likeness (QED) is 0.753. The van der Waals surface area contributed by atoms with E-state index in [0.717, 1.165) is 6.42 Å². The summed E-state index contributed by atoms with van der Waals surface area (Å²) in [7, 11) is -3.58. The predicted octanol–water partition coefficient (Wildman–Crippen LogP) is 2.01. The number of amides is 2. The number of hydrogen-bond acceptors (Lipinski definition) is 6. The summed E-state index contributed by atoms with van der Waals surface area (Å²) in [5.74, 6) is -0.393. The van der Waals surface area contributed by atoms with Crippen LogP contribution in [-0.4, -0.2) is 68.3 Å². The van der Waals surface area contributed by atoms with E-state index in [1.807, 2.05) is 11.4 Å². The summed E-state index contributed by atoms with van der Waals surface area (Å²) in [5, 5.41) is 4.65. The van der Waals surface area contributed by atoms with Crippen molar-refractivity contribution in [2.45, 2.75) is 23.8 Å². The van der Waals surface area contributed by atoms with E-state index in [1.165, 1.54) is 27.8 Å². The van der Waals surface area contributed by atoms with Gasteiger partial charge in [-0.25, -0.2) is 8.42 Å². The van der Waals surface area contributed by atoms with Gasteiger partial charge >= 0.3 is 0 Å². The van der Waals surface area contributed by atoms with E-state index < -0.39 is 16.1 Å². The molecule has 30 heavy (non-hydrogen) atoms. The Morgan fingerprint density at radius 2 is 1.80 bits per heavy atom. The highest BCUT2D eigenvalue weighted by atomic mass is 32.2. The van der Waals surface area contributed by atoms with Gasteiger partial charge in [0.05, 0.1) is 23.0 Å². The molecule has 8 nitrogen and oxygen atoms in total. The fraction of sp³-hybridized carbons (Fsp3) is 0.400. The Morgan fingerprint density at radius 1 is 1.07 bits per heavy atom. The van der Waals surface area contributed by atoms with E-state index in [4.69, 9.17) is 4.74 Å². The number of likely N-dealkylation sites (tertiary alicyclic amines) is 1. The molecule has 4 rings (SSSR count). The first-order chi connectivity index (χ1) is 14.5. The molecule has 0 aliphatic carbocycles. The number of hydrogen-bond donors (Lipinski definition) is 1. The van der Waals surface area contributed by atoms with Gasteiger partial charge < -0.3 is 15.0 Å². The molecule has 2 aliphatic heterocycles. The first-order valence-electron chi connectivity index (χ1n) is 9.80. The third kappa shape index (κ3) is 4.27. The van der Waals surface area contributed by atoms with Gasteiger partial charge in [-0.05, 0) is 48.6 Å². The van der Waals surface area contributed by atoms with Crippen LogP contribution in [0.2, 0.25) is 0 Å². The Balaban J connectivity index is 1.43. The molecule has 2 aromatic rings. The molecule has 1 aromatic carbocycles. The minimum absolute atomic E-state index is 0.130. The van der Waals surface area contributed by atoms with Crippen molar-refractivity contribution in [2.75, 3.05) is 38.2 Å². The minimum Gasteiger partial charge on any atom is -0.379 e. The molecule has 0 saturated carbocycles. The van der Waals surface area contributed by atoms with Gasteiger partial charge in [0.1, 0.15) is 6.04 Å². The van der Waals surface area contributed by atoms with Crippen molar-refractivity contribution in [1.82, 2.24) is 9.21 Å². The zero-order chi connectivity index (χ0) is 21.1. The highest BCUT2D eigenvalue weighted by Crippen LogP contribution is 2.24. The topological polar surface area (TPSA) is 96.0 Å². The number of carbonyl (C=O) groups excluding carboxylic acids is 2. The van der Waals surface area contributed by atoms with Crippen LogP contribution in [0.25, 0.3) is 0 Å². The van der Waals surface area contributed by atoms with Gasteiger partial charge in [-0.3, -0.25) is 9.59 Å². The number of anilines is 1. The van der Waals surface area contributed by atoms with Gasteiger partial charge in [-0.15, -0.1) is 11.3 Å². The second kappa shape index (κ2) is 8.84. The van der Waals surface area contributed by atoms with Crippen LogP contribution in [0.5, 0.6) is 0 Å². The lowest BCUT2D eigenvalue weighted by molar-refractivity contribution is -0.119. The van der Waals surface area contributed by atoms with Gasteiger partial charge in [-0.2, -0.15) is 4.31 Å². The summed E-state index contributed by atoms with van der Waals surface area (Å²) in [4.78, 5) is 27.8. The maximum atomic E-state index is 12.8. The van der Waals surface area contributed by atoms with Crippen LogP contribution in [-0.2, 0) is 19.6 Å². The fourth-order valence-electron chi connectivity index (χ4n) is 3.70. The van der Waals surface area contributed by atoms with Gasteiger partial charge in [0, 0.05) is 25.3 Å². The van der Waals surface area contributed by atoms with Crippen LogP contribution in [0.15, 0.2) is 46.7 Å². The van der Waals surface area contributed by atoms with E-state index in [1.54, 1.807) is 23.1 Å². The average molecular weight is 450 g/mol. The average Bonchev–Trinajstić information content (AvgIpc) is 3.47. The first-order valence-corrected chi connectivity index (χ1v) is 12.1. The van der Waals surface area contributed by atoms with Gasteiger partial charge in [-0.1, -0.05) is 6.07 Å². The van der Waals surface area contributed by atoms with E-state index >= 15 is 0 Å². The molecular formula is C20H23N3O5S2. The van der Waals surface area contributed by atoms with Crippen LogP contribution in [0.3, 0.4) is 0 Å². The monoisotopic (exact) mass is 449 g/mol. The third-order valence-electron chi connectivity index (χ3n) is 5.28. The largest absolute Gasteiger partial charge is 0.379 e. The molecule has 2 fully saturated rings. The number of nitrogens with one attached hydrogen (secondary N) is 1. The molecule has 2 amide bonds. The van der Waals surface area contributed by atoms with Crippen molar-refractivity contribution >= 4 is 38.9 Å². The number of rotatable bonds is 5. The summed E-state index contributed by atoms with van der Waals surface area (Å²) in [6.45, 7) is 1.98. The molecule has 1 N–H and O–H groups in total. The van der Waals surface area contributed by atoms with E-state index in [9.17, 15) is 18.0 Å². The van der Waals surface area contributed by atoms with Crippen molar-refractivity contribution in [1.29, 1.82) is 0 Å². The smallest absolute Gasteiger partial charge is 0.264 e. The van der Waals surface area contributed by atoms with Crippen molar-refractivity contribution in [3.8, 4) is 0 Å². The lowest BCUT2D eigenvalue weighted by atomic mass is 10.2. The molecule has 0 radical (unpaired) electrons. The number of carbonyl (C=O) groups is 2.